The molecule has 0 amide bonds. The maximum atomic E-state index is 6.44. The van der Waals surface area contributed by atoms with Crippen LogP contribution in [0.25, 0.3) is 39.1 Å². The fraction of sp³-hybridized carbons (Fsp3) is 0.276. The van der Waals surface area contributed by atoms with E-state index < -0.39 is 0 Å². The van der Waals surface area contributed by atoms with E-state index in [-0.39, 0.29) is 16.1 Å². The van der Waals surface area contributed by atoms with E-state index in [1.165, 1.54) is 28.3 Å². The Bertz CT molecular complexity index is 1560. The lowest BCUT2D eigenvalue weighted by atomic mass is 9.63. The van der Waals surface area contributed by atoms with Crippen molar-refractivity contribution in [2.24, 2.45) is 0 Å². The van der Waals surface area contributed by atoms with E-state index in [0.29, 0.717) is 11.8 Å². The van der Waals surface area contributed by atoms with E-state index in [2.05, 4.69) is 78.6 Å². The van der Waals surface area contributed by atoms with Crippen LogP contribution in [0.15, 0.2) is 66.7 Å². The predicted molar refractivity (Wildman–Crippen MR) is 140 cm³/mol. The third-order valence-corrected chi connectivity index (χ3v) is 7.64. The molecule has 2 aromatic heterocycles. The van der Waals surface area contributed by atoms with Gasteiger partial charge >= 0.3 is 0 Å². The summed E-state index contributed by atoms with van der Waals surface area (Å²) in [6.45, 7) is 9.44. The largest absolute Gasteiger partial charge is 0.278 e. The summed E-state index contributed by atoms with van der Waals surface area (Å²) in [6, 6.07) is 23.1. The number of para-hydroxylation sites is 1. The number of halogens is 1. The Kier molecular flexibility index (Phi) is 4.62. The van der Waals surface area contributed by atoms with Crippen LogP contribution in [0.5, 0.6) is 0 Å². The molecule has 2 heterocycles. The first-order valence-corrected chi connectivity index (χ1v) is 12.2. The van der Waals surface area contributed by atoms with E-state index in [9.17, 15) is 0 Å². The molecule has 1 aliphatic carbocycles. The highest BCUT2D eigenvalue weighted by Gasteiger charge is 2.38. The summed E-state index contributed by atoms with van der Waals surface area (Å²) in [6.07, 6.45) is 2.34. The van der Waals surface area contributed by atoms with E-state index in [0.717, 1.165) is 23.0 Å². The quantitative estimate of drug-likeness (QED) is 0.268. The molecule has 0 fully saturated rings. The molecule has 4 nitrogen and oxygen atoms in total. The number of aromatic nitrogens is 4. The molecule has 0 bridgehead atoms. The molecule has 34 heavy (non-hydrogen) atoms. The molecule has 5 heteroatoms. The number of fused-ring (bicyclic) bond motifs is 4. The Morgan fingerprint density at radius 3 is 2.09 bits per heavy atom. The second-order valence-electron chi connectivity index (χ2n) is 10.6. The van der Waals surface area contributed by atoms with Crippen LogP contribution in [0.3, 0.4) is 0 Å². The van der Waals surface area contributed by atoms with Gasteiger partial charge in [0.25, 0.3) is 0 Å². The van der Waals surface area contributed by atoms with Crippen molar-refractivity contribution >= 4 is 33.4 Å². The molecule has 0 spiro atoms. The standard InChI is InChI=1S/C29H27ClN4/c1-28(2)14-15-29(3,4)22-17-24-20(16-21(22)28)19-12-8-9-13-23(19)34(24)27-32-25(31-26(30)33-27)18-10-6-5-7-11-18/h5-13,16-17H,14-15H2,1-4H3. The second kappa shape index (κ2) is 7.38. The zero-order valence-corrected chi connectivity index (χ0v) is 20.7. The summed E-state index contributed by atoms with van der Waals surface area (Å²) < 4.78 is 2.14. The van der Waals surface area contributed by atoms with Crippen LogP contribution in [0, 0.1) is 0 Å². The summed E-state index contributed by atoms with van der Waals surface area (Å²) in [5.41, 5.74) is 6.17. The van der Waals surface area contributed by atoms with Crippen molar-refractivity contribution in [1.82, 2.24) is 19.5 Å². The number of nitrogens with zero attached hydrogens (tertiary/aromatic N) is 4. The third-order valence-electron chi connectivity index (χ3n) is 7.47. The van der Waals surface area contributed by atoms with Crippen molar-refractivity contribution in [3.63, 3.8) is 0 Å². The minimum atomic E-state index is 0.103. The molecule has 0 N–H and O–H groups in total. The van der Waals surface area contributed by atoms with Gasteiger partial charge in [0.05, 0.1) is 11.0 Å². The van der Waals surface area contributed by atoms with Gasteiger partial charge in [-0.2, -0.15) is 15.0 Å². The van der Waals surface area contributed by atoms with Gasteiger partial charge in [-0.3, -0.25) is 4.57 Å². The average molecular weight is 467 g/mol. The van der Waals surface area contributed by atoms with Crippen molar-refractivity contribution in [3.05, 3.63) is 83.1 Å². The molecule has 0 unspecified atom stereocenters. The summed E-state index contributed by atoms with van der Waals surface area (Å²) in [7, 11) is 0. The smallest absolute Gasteiger partial charge is 0.239 e. The highest BCUT2D eigenvalue weighted by atomic mass is 35.5. The molecular formula is C29H27ClN4. The molecule has 0 atom stereocenters. The number of hydrogen-bond acceptors (Lipinski definition) is 3. The van der Waals surface area contributed by atoms with Gasteiger partial charge in [0.15, 0.2) is 5.82 Å². The minimum absolute atomic E-state index is 0.103. The van der Waals surface area contributed by atoms with Gasteiger partial charge in [-0.05, 0) is 64.6 Å². The first-order valence-electron chi connectivity index (χ1n) is 11.8. The van der Waals surface area contributed by atoms with E-state index in [1.54, 1.807) is 0 Å². The number of rotatable bonds is 2. The number of hydrogen-bond donors (Lipinski definition) is 0. The average Bonchev–Trinajstić information content (AvgIpc) is 3.15. The van der Waals surface area contributed by atoms with Gasteiger partial charge in [0.1, 0.15) is 0 Å². The lowest BCUT2D eigenvalue weighted by Crippen LogP contribution is -2.33. The van der Waals surface area contributed by atoms with Gasteiger partial charge in [-0.25, -0.2) is 0 Å². The van der Waals surface area contributed by atoms with Crippen LogP contribution >= 0.6 is 11.6 Å². The monoisotopic (exact) mass is 466 g/mol. The maximum absolute atomic E-state index is 6.44. The van der Waals surface area contributed by atoms with Crippen LogP contribution in [0.1, 0.15) is 51.7 Å². The van der Waals surface area contributed by atoms with Gasteiger partial charge in [-0.15, -0.1) is 0 Å². The van der Waals surface area contributed by atoms with E-state index >= 15 is 0 Å². The summed E-state index contributed by atoms with van der Waals surface area (Å²) >= 11 is 6.44. The maximum Gasteiger partial charge on any atom is 0.239 e. The molecular weight excluding hydrogens is 440 g/mol. The molecule has 6 rings (SSSR count). The third kappa shape index (κ3) is 3.24. The Balaban J connectivity index is 1.70. The Morgan fingerprint density at radius 2 is 1.35 bits per heavy atom. The summed E-state index contributed by atoms with van der Waals surface area (Å²) in [4.78, 5) is 13.9. The first kappa shape index (κ1) is 21.3. The highest BCUT2D eigenvalue weighted by molar-refractivity contribution is 6.28. The Hall–Kier alpha value is -3.24. The van der Waals surface area contributed by atoms with Crippen molar-refractivity contribution in [2.75, 3.05) is 0 Å². The summed E-state index contributed by atoms with van der Waals surface area (Å²) in [5.74, 6) is 1.11. The molecule has 1 aliphatic rings. The van der Waals surface area contributed by atoms with Crippen LogP contribution in [-0.4, -0.2) is 19.5 Å². The second-order valence-corrected chi connectivity index (χ2v) is 11.0. The first-order chi connectivity index (χ1) is 16.2. The van der Waals surface area contributed by atoms with Crippen molar-refractivity contribution in [1.29, 1.82) is 0 Å². The van der Waals surface area contributed by atoms with Crippen LogP contribution in [-0.2, 0) is 10.8 Å². The van der Waals surface area contributed by atoms with Crippen LogP contribution in [0.2, 0.25) is 5.28 Å². The molecule has 0 aliphatic heterocycles. The van der Waals surface area contributed by atoms with E-state index in [4.69, 9.17) is 16.6 Å². The topological polar surface area (TPSA) is 43.6 Å². The van der Waals surface area contributed by atoms with Crippen molar-refractivity contribution in [3.8, 4) is 17.3 Å². The fourth-order valence-electron chi connectivity index (χ4n) is 5.40. The number of benzene rings is 3. The fourth-order valence-corrected chi connectivity index (χ4v) is 5.56. The van der Waals surface area contributed by atoms with Gasteiger partial charge in [0.2, 0.25) is 11.2 Å². The SMILES string of the molecule is CC1(C)CCC(C)(C)c2cc3c(cc21)c1ccccc1n3-c1nc(Cl)nc(-c2ccccc2)n1. The zero-order valence-electron chi connectivity index (χ0n) is 19.9. The highest BCUT2D eigenvalue weighted by Crippen LogP contribution is 2.48. The minimum Gasteiger partial charge on any atom is -0.278 e. The van der Waals surface area contributed by atoms with Crippen molar-refractivity contribution in [2.45, 2.75) is 51.4 Å². The zero-order chi connectivity index (χ0) is 23.7. The molecule has 3 aromatic carbocycles. The lowest BCUT2D eigenvalue weighted by Gasteiger charge is -2.42. The molecule has 5 aromatic rings. The molecule has 0 saturated heterocycles. The van der Waals surface area contributed by atoms with Gasteiger partial charge < -0.3 is 0 Å². The Morgan fingerprint density at radius 1 is 0.706 bits per heavy atom. The summed E-state index contributed by atoms with van der Waals surface area (Å²) in [5, 5.41) is 2.60. The Labute approximate surface area is 204 Å². The molecule has 170 valence electrons. The molecule has 0 saturated carbocycles. The van der Waals surface area contributed by atoms with E-state index in [1.807, 2.05) is 30.3 Å². The van der Waals surface area contributed by atoms with Crippen molar-refractivity contribution < 1.29 is 0 Å². The lowest BCUT2D eigenvalue weighted by molar-refractivity contribution is 0.332. The molecule has 0 radical (unpaired) electrons. The van der Waals surface area contributed by atoms with Crippen LogP contribution < -0.4 is 0 Å². The van der Waals surface area contributed by atoms with Gasteiger partial charge in [0, 0.05) is 16.3 Å². The van der Waals surface area contributed by atoms with Gasteiger partial charge in [-0.1, -0.05) is 76.2 Å². The van der Waals surface area contributed by atoms with Crippen LogP contribution in [0.4, 0.5) is 0 Å². The normalized spacial score (nSPS) is 16.6. The predicted octanol–water partition coefficient (Wildman–Crippen LogP) is 7.64.